The van der Waals surface area contributed by atoms with Gasteiger partial charge < -0.3 is 14.2 Å². The number of piperazine rings is 1. The molecule has 1 amide bonds. The number of halogens is 1. The largest absolute Gasteiger partial charge is 0.451 e. The lowest BCUT2D eigenvalue weighted by atomic mass is 10.1. The number of rotatable bonds is 2. The van der Waals surface area contributed by atoms with E-state index in [0.29, 0.717) is 37.1 Å². The fourth-order valence-electron chi connectivity index (χ4n) is 3.35. The highest BCUT2D eigenvalue weighted by atomic mass is 19.1. The zero-order valence-electron chi connectivity index (χ0n) is 14.9. The number of fused-ring (bicyclic) bond motifs is 1. The van der Waals surface area contributed by atoms with Crippen LogP contribution in [-0.2, 0) is 0 Å². The van der Waals surface area contributed by atoms with E-state index in [1.54, 1.807) is 29.2 Å². The summed E-state index contributed by atoms with van der Waals surface area (Å²) in [5.41, 5.74) is 2.09. The third-order valence-corrected chi connectivity index (χ3v) is 4.85. The summed E-state index contributed by atoms with van der Waals surface area (Å²) < 4.78 is 18.8. The first-order chi connectivity index (χ1) is 13.0. The highest BCUT2D eigenvalue weighted by Crippen LogP contribution is 2.19. The van der Waals surface area contributed by atoms with E-state index in [1.165, 1.54) is 18.2 Å². The Morgan fingerprint density at radius 1 is 1.00 bits per heavy atom. The maximum Gasteiger partial charge on any atom is 0.289 e. The molecule has 0 unspecified atom stereocenters. The Labute approximate surface area is 155 Å². The number of nitrogens with zero attached hydrogens (tertiary/aromatic N) is 2. The summed E-state index contributed by atoms with van der Waals surface area (Å²) in [5.74, 6) is -0.492. The van der Waals surface area contributed by atoms with E-state index < -0.39 is 0 Å². The van der Waals surface area contributed by atoms with Crippen LogP contribution in [0.4, 0.5) is 10.1 Å². The van der Waals surface area contributed by atoms with Crippen LogP contribution < -0.4 is 10.3 Å². The van der Waals surface area contributed by atoms with Crippen molar-refractivity contribution >= 4 is 22.6 Å². The average Bonchev–Trinajstić information content (AvgIpc) is 2.68. The third kappa shape index (κ3) is 3.43. The molecule has 5 nitrogen and oxygen atoms in total. The first-order valence-electron chi connectivity index (χ1n) is 8.85. The van der Waals surface area contributed by atoms with Crippen LogP contribution in [0.3, 0.4) is 0 Å². The molecule has 138 valence electrons. The number of carbonyl (C=O) groups is 1. The molecule has 4 rings (SSSR count). The second-order valence-corrected chi connectivity index (χ2v) is 6.73. The smallest absolute Gasteiger partial charge is 0.289 e. The van der Waals surface area contributed by atoms with Crippen LogP contribution in [0.2, 0.25) is 0 Å². The lowest BCUT2D eigenvalue weighted by Gasteiger charge is -2.35. The molecule has 2 aromatic carbocycles. The summed E-state index contributed by atoms with van der Waals surface area (Å²) in [6.07, 6.45) is 0. The van der Waals surface area contributed by atoms with Crippen molar-refractivity contribution in [1.82, 2.24) is 4.90 Å². The van der Waals surface area contributed by atoms with E-state index in [4.69, 9.17) is 4.42 Å². The number of aryl methyl sites for hydroxylation is 1. The molecule has 27 heavy (non-hydrogen) atoms. The number of hydrogen-bond acceptors (Lipinski definition) is 4. The Morgan fingerprint density at radius 3 is 2.41 bits per heavy atom. The van der Waals surface area contributed by atoms with Crippen molar-refractivity contribution in [3.8, 4) is 0 Å². The van der Waals surface area contributed by atoms with Gasteiger partial charge in [-0.15, -0.1) is 0 Å². The third-order valence-electron chi connectivity index (χ3n) is 4.85. The van der Waals surface area contributed by atoms with Crippen molar-refractivity contribution in [1.29, 1.82) is 0 Å². The molecule has 6 heteroatoms. The van der Waals surface area contributed by atoms with Gasteiger partial charge in [0.1, 0.15) is 11.4 Å². The minimum absolute atomic E-state index is 0.0617. The molecule has 0 atom stereocenters. The van der Waals surface area contributed by atoms with Crippen LogP contribution in [0.25, 0.3) is 11.0 Å². The fourth-order valence-corrected chi connectivity index (χ4v) is 3.35. The van der Waals surface area contributed by atoms with Crippen molar-refractivity contribution in [2.75, 3.05) is 31.1 Å². The predicted molar refractivity (Wildman–Crippen MR) is 102 cm³/mol. The Bertz CT molecular complexity index is 1050. The van der Waals surface area contributed by atoms with E-state index in [0.717, 1.165) is 11.3 Å². The standard InChI is InChI=1S/C21H19FN2O3/c1-14-2-7-19-17(12-14)18(25)13-20(27-19)21(26)24-10-8-23(9-11-24)16-5-3-15(22)4-6-16/h2-7,12-13H,8-11H2,1H3. The van der Waals surface area contributed by atoms with Gasteiger partial charge in [0.05, 0.1) is 5.39 Å². The summed E-state index contributed by atoms with van der Waals surface area (Å²) in [7, 11) is 0. The quantitative estimate of drug-likeness (QED) is 0.699. The van der Waals surface area contributed by atoms with Gasteiger partial charge in [-0.1, -0.05) is 11.6 Å². The van der Waals surface area contributed by atoms with E-state index in [2.05, 4.69) is 4.90 Å². The molecular weight excluding hydrogens is 347 g/mol. The van der Waals surface area contributed by atoms with E-state index in [9.17, 15) is 14.0 Å². The van der Waals surface area contributed by atoms with Crippen LogP contribution in [0.1, 0.15) is 16.1 Å². The minimum Gasteiger partial charge on any atom is -0.451 e. The molecular formula is C21H19FN2O3. The zero-order chi connectivity index (χ0) is 19.0. The van der Waals surface area contributed by atoms with Gasteiger partial charge in [-0.2, -0.15) is 0 Å². The predicted octanol–water partition coefficient (Wildman–Crippen LogP) is 3.20. The number of hydrogen-bond donors (Lipinski definition) is 0. The summed E-state index contributed by atoms with van der Waals surface area (Å²) in [4.78, 5) is 28.9. The van der Waals surface area contributed by atoms with Gasteiger partial charge in [0.2, 0.25) is 0 Å². The van der Waals surface area contributed by atoms with Crippen LogP contribution in [0, 0.1) is 12.7 Å². The van der Waals surface area contributed by atoms with Crippen molar-refractivity contribution in [3.05, 3.63) is 75.9 Å². The second kappa shape index (κ2) is 6.87. The Hall–Kier alpha value is -3.15. The van der Waals surface area contributed by atoms with Crippen LogP contribution in [0.15, 0.2) is 57.7 Å². The monoisotopic (exact) mass is 366 g/mol. The van der Waals surface area contributed by atoms with Gasteiger partial charge in [-0.25, -0.2) is 4.39 Å². The molecule has 1 aromatic heterocycles. The van der Waals surface area contributed by atoms with Gasteiger partial charge in [0, 0.05) is 37.9 Å². The van der Waals surface area contributed by atoms with Gasteiger partial charge in [0.15, 0.2) is 11.2 Å². The normalized spacial score (nSPS) is 14.6. The van der Waals surface area contributed by atoms with E-state index >= 15 is 0 Å². The van der Waals surface area contributed by atoms with Gasteiger partial charge in [-0.05, 0) is 43.3 Å². The number of anilines is 1. The van der Waals surface area contributed by atoms with E-state index in [-0.39, 0.29) is 22.9 Å². The van der Waals surface area contributed by atoms with Crippen molar-refractivity contribution in [3.63, 3.8) is 0 Å². The lowest BCUT2D eigenvalue weighted by Crippen LogP contribution is -2.48. The van der Waals surface area contributed by atoms with Crippen molar-refractivity contribution in [2.45, 2.75) is 6.92 Å². The minimum atomic E-state index is -0.284. The summed E-state index contributed by atoms with van der Waals surface area (Å²) >= 11 is 0. The molecule has 0 saturated carbocycles. The van der Waals surface area contributed by atoms with E-state index in [1.807, 2.05) is 13.0 Å². The molecule has 2 heterocycles. The maximum absolute atomic E-state index is 13.1. The summed E-state index contributed by atoms with van der Waals surface area (Å²) in [6, 6.07) is 12.9. The molecule has 1 aliphatic heterocycles. The number of benzene rings is 2. The lowest BCUT2D eigenvalue weighted by molar-refractivity contribution is 0.0715. The van der Waals surface area contributed by atoms with Crippen LogP contribution in [-0.4, -0.2) is 37.0 Å². The van der Waals surface area contributed by atoms with Crippen molar-refractivity contribution < 1.29 is 13.6 Å². The first-order valence-corrected chi connectivity index (χ1v) is 8.85. The SMILES string of the molecule is Cc1ccc2oc(C(=O)N3CCN(c4ccc(F)cc4)CC3)cc(=O)c2c1. The maximum atomic E-state index is 13.1. The highest BCUT2D eigenvalue weighted by Gasteiger charge is 2.24. The molecule has 1 fully saturated rings. The van der Waals surface area contributed by atoms with Gasteiger partial charge in [0.25, 0.3) is 5.91 Å². The molecule has 0 N–H and O–H groups in total. The van der Waals surface area contributed by atoms with Crippen molar-refractivity contribution in [2.24, 2.45) is 0 Å². The molecule has 3 aromatic rings. The van der Waals surface area contributed by atoms with Gasteiger partial charge >= 0.3 is 0 Å². The Balaban J connectivity index is 1.51. The number of amides is 1. The summed E-state index contributed by atoms with van der Waals surface area (Å²) in [6.45, 7) is 4.18. The summed E-state index contributed by atoms with van der Waals surface area (Å²) in [5, 5.41) is 0.479. The molecule has 0 aliphatic carbocycles. The topological polar surface area (TPSA) is 53.8 Å². The van der Waals surface area contributed by atoms with Crippen LogP contribution >= 0.6 is 0 Å². The average molecular weight is 366 g/mol. The van der Waals surface area contributed by atoms with Gasteiger partial charge in [-0.3, -0.25) is 9.59 Å². The number of carbonyl (C=O) groups excluding carboxylic acids is 1. The Morgan fingerprint density at radius 2 is 1.70 bits per heavy atom. The fraction of sp³-hybridized carbons (Fsp3) is 0.238. The molecule has 0 spiro atoms. The second-order valence-electron chi connectivity index (χ2n) is 6.73. The Kier molecular flexibility index (Phi) is 4.39. The zero-order valence-corrected chi connectivity index (χ0v) is 14.9. The highest BCUT2D eigenvalue weighted by molar-refractivity contribution is 5.93. The molecule has 1 aliphatic rings. The molecule has 0 radical (unpaired) electrons. The molecule has 0 bridgehead atoms. The first kappa shape index (κ1) is 17.3. The molecule has 1 saturated heterocycles. The van der Waals surface area contributed by atoms with Crippen LogP contribution in [0.5, 0.6) is 0 Å².